The monoisotopic (exact) mass is 433 g/mol. The number of carboxylic acids is 2. The SMILES string of the molecule is CCCCCCCCCCCCCCCC(N)(CCO)CCO.O=C(O)CC(=O)O. The molecule has 180 valence electrons. The van der Waals surface area contributed by atoms with E-state index in [0.717, 1.165) is 12.8 Å². The summed E-state index contributed by atoms with van der Waals surface area (Å²) in [7, 11) is 0. The van der Waals surface area contributed by atoms with Crippen molar-refractivity contribution in [1.29, 1.82) is 0 Å². The molecule has 0 atom stereocenters. The van der Waals surface area contributed by atoms with Crippen LogP contribution in [0.5, 0.6) is 0 Å². The summed E-state index contributed by atoms with van der Waals surface area (Å²) in [5.41, 5.74) is 5.88. The molecule has 0 aromatic carbocycles. The number of hydrogen-bond acceptors (Lipinski definition) is 5. The minimum Gasteiger partial charge on any atom is -0.481 e. The highest BCUT2D eigenvalue weighted by molar-refractivity contribution is 5.88. The Balaban J connectivity index is 0. The predicted octanol–water partition coefficient (Wildman–Crippen LogP) is 4.48. The third kappa shape index (κ3) is 24.9. The maximum absolute atomic E-state index is 9.43. The van der Waals surface area contributed by atoms with Crippen LogP contribution < -0.4 is 5.73 Å². The van der Waals surface area contributed by atoms with E-state index in [9.17, 15) is 9.59 Å². The van der Waals surface area contributed by atoms with Gasteiger partial charge in [0.05, 0.1) is 0 Å². The van der Waals surface area contributed by atoms with E-state index in [1.54, 1.807) is 0 Å². The fourth-order valence-corrected chi connectivity index (χ4v) is 3.44. The van der Waals surface area contributed by atoms with Crippen molar-refractivity contribution in [3.8, 4) is 0 Å². The summed E-state index contributed by atoms with van der Waals surface area (Å²) in [6.07, 6.45) is 18.9. The Morgan fingerprint density at radius 2 is 0.967 bits per heavy atom. The van der Waals surface area contributed by atoms with E-state index in [2.05, 4.69) is 6.92 Å². The zero-order chi connectivity index (χ0) is 23.1. The van der Waals surface area contributed by atoms with Crippen molar-refractivity contribution >= 4 is 11.9 Å². The smallest absolute Gasteiger partial charge is 0.314 e. The molecule has 0 aliphatic carbocycles. The summed E-state index contributed by atoms with van der Waals surface area (Å²) < 4.78 is 0. The Bertz CT molecular complexity index is 385. The molecule has 0 unspecified atom stereocenters. The van der Waals surface area contributed by atoms with Crippen molar-refractivity contribution in [2.45, 2.75) is 122 Å². The predicted molar refractivity (Wildman–Crippen MR) is 121 cm³/mol. The highest BCUT2D eigenvalue weighted by Crippen LogP contribution is 2.21. The number of aliphatic carboxylic acids is 2. The number of rotatable bonds is 20. The van der Waals surface area contributed by atoms with Crippen molar-refractivity contribution in [2.75, 3.05) is 13.2 Å². The Morgan fingerprint density at radius 3 is 1.23 bits per heavy atom. The van der Waals surface area contributed by atoms with Crippen LogP contribution in [0.25, 0.3) is 0 Å². The number of hydrogen-bond donors (Lipinski definition) is 5. The number of carbonyl (C=O) groups is 2. The van der Waals surface area contributed by atoms with E-state index in [1.807, 2.05) is 0 Å². The molecule has 7 heteroatoms. The van der Waals surface area contributed by atoms with Gasteiger partial charge in [-0.1, -0.05) is 90.4 Å². The van der Waals surface area contributed by atoms with Gasteiger partial charge in [0.25, 0.3) is 0 Å². The van der Waals surface area contributed by atoms with E-state index < -0.39 is 18.4 Å². The molecule has 0 spiro atoms. The van der Waals surface area contributed by atoms with Crippen LogP contribution in [0, 0.1) is 0 Å². The molecule has 0 fully saturated rings. The first kappa shape index (κ1) is 31.0. The minimum atomic E-state index is -1.31. The molecule has 0 aromatic heterocycles. The van der Waals surface area contributed by atoms with E-state index in [-0.39, 0.29) is 18.8 Å². The van der Waals surface area contributed by atoms with Gasteiger partial charge in [-0.25, -0.2) is 0 Å². The van der Waals surface area contributed by atoms with Gasteiger partial charge in [-0.2, -0.15) is 0 Å². The van der Waals surface area contributed by atoms with Crippen LogP contribution in [0.3, 0.4) is 0 Å². The first-order chi connectivity index (χ1) is 14.3. The molecule has 0 aromatic rings. The summed E-state index contributed by atoms with van der Waals surface area (Å²) >= 11 is 0. The highest BCUT2D eigenvalue weighted by atomic mass is 16.4. The maximum Gasteiger partial charge on any atom is 0.314 e. The molecule has 0 saturated heterocycles. The Kier molecular flexibility index (Phi) is 23.3. The number of unbranched alkanes of at least 4 members (excludes halogenated alkanes) is 12. The summed E-state index contributed by atoms with van der Waals surface area (Å²) in [5.74, 6) is -2.62. The van der Waals surface area contributed by atoms with Gasteiger partial charge in [0.1, 0.15) is 6.42 Å². The molecule has 6 N–H and O–H groups in total. The quantitative estimate of drug-likeness (QED) is 0.141. The first-order valence-electron chi connectivity index (χ1n) is 11.8. The van der Waals surface area contributed by atoms with Crippen molar-refractivity contribution in [2.24, 2.45) is 5.73 Å². The molecular formula is C23H47NO6. The number of aliphatic hydroxyl groups excluding tert-OH is 2. The van der Waals surface area contributed by atoms with Crippen LogP contribution in [-0.2, 0) is 9.59 Å². The van der Waals surface area contributed by atoms with Gasteiger partial charge in [0.15, 0.2) is 0 Å². The summed E-state index contributed by atoms with van der Waals surface area (Å²) in [6.45, 7) is 2.51. The lowest BCUT2D eigenvalue weighted by atomic mass is 9.87. The zero-order valence-electron chi connectivity index (χ0n) is 19.1. The standard InChI is InChI=1S/C20H43NO2.C3H4O4/c1-2-3-4-5-6-7-8-9-10-11-12-13-14-15-20(21,16-18-22)17-19-23;4-2(5)1-3(6)7/h22-23H,2-19,21H2,1H3;1H2,(H,4,5)(H,6,7). The molecule has 0 aliphatic rings. The van der Waals surface area contributed by atoms with Gasteiger partial charge in [0, 0.05) is 18.8 Å². The third-order valence-electron chi connectivity index (χ3n) is 5.30. The molecule has 0 heterocycles. The Morgan fingerprint density at radius 1 is 0.633 bits per heavy atom. The van der Waals surface area contributed by atoms with Gasteiger partial charge >= 0.3 is 11.9 Å². The number of nitrogens with two attached hydrogens (primary N) is 1. The van der Waals surface area contributed by atoms with Crippen molar-refractivity contribution in [1.82, 2.24) is 0 Å². The van der Waals surface area contributed by atoms with Crippen LogP contribution in [0.1, 0.15) is 116 Å². The molecule has 0 aliphatic heterocycles. The molecule has 0 bridgehead atoms. The molecule has 0 amide bonds. The molecule has 30 heavy (non-hydrogen) atoms. The van der Waals surface area contributed by atoms with E-state index in [1.165, 1.54) is 77.0 Å². The maximum atomic E-state index is 9.43. The Hall–Kier alpha value is -1.18. The van der Waals surface area contributed by atoms with Crippen molar-refractivity contribution in [3.05, 3.63) is 0 Å². The fourth-order valence-electron chi connectivity index (χ4n) is 3.44. The van der Waals surface area contributed by atoms with Crippen molar-refractivity contribution < 1.29 is 30.0 Å². The molecule has 0 rings (SSSR count). The van der Waals surface area contributed by atoms with Gasteiger partial charge in [-0.3, -0.25) is 9.59 Å². The van der Waals surface area contributed by atoms with Crippen molar-refractivity contribution in [3.63, 3.8) is 0 Å². The minimum absolute atomic E-state index is 0.120. The van der Waals surface area contributed by atoms with Gasteiger partial charge in [-0.15, -0.1) is 0 Å². The van der Waals surface area contributed by atoms with Gasteiger partial charge in [-0.05, 0) is 19.3 Å². The van der Waals surface area contributed by atoms with E-state index in [0.29, 0.717) is 12.8 Å². The highest BCUT2D eigenvalue weighted by Gasteiger charge is 2.22. The summed E-state index contributed by atoms with van der Waals surface area (Å²) in [5, 5.41) is 33.5. The van der Waals surface area contributed by atoms with E-state index in [4.69, 9.17) is 26.2 Å². The third-order valence-corrected chi connectivity index (χ3v) is 5.30. The molecular weight excluding hydrogens is 386 g/mol. The second-order valence-corrected chi connectivity index (χ2v) is 8.27. The van der Waals surface area contributed by atoms with E-state index >= 15 is 0 Å². The fraction of sp³-hybridized carbons (Fsp3) is 0.913. The van der Waals surface area contributed by atoms with Crippen LogP contribution in [0.15, 0.2) is 0 Å². The lowest BCUT2D eigenvalue weighted by Crippen LogP contribution is -2.41. The molecule has 0 saturated carbocycles. The topological polar surface area (TPSA) is 141 Å². The zero-order valence-corrected chi connectivity index (χ0v) is 19.1. The van der Waals surface area contributed by atoms with Crippen LogP contribution in [0.2, 0.25) is 0 Å². The lowest BCUT2D eigenvalue weighted by Gasteiger charge is -2.28. The summed E-state index contributed by atoms with van der Waals surface area (Å²) in [4.78, 5) is 18.9. The first-order valence-corrected chi connectivity index (χ1v) is 11.8. The molecule has 0 radical (unpaired) electrons. The second kappa shape index (κ2) is 22.5. The van der Waals surface area contributed by atoms with Gasteiger partial charge in [0.2, 0.25) is 0 Å². The average Bonchev–Trinajstić information content (AvgIpc) is 2.65. The second-order valence-electron chi connectivity index (χ2n) is 8.27. The lowest BCUT2D eigenvalue weighted by molar-refractivity contribution is -0.147. The Labute approximate surface area is 183 Å². The van der Waals surface area contributed by atoms with Crippen LogP contribution in [-0.4, -0.2) is 51.1 Å². The normalized spacial score (nSPS) is 11.1. The largest absolute Gasteiger partial charge is 0.481 e. The summed E-state index contributed by atoms with van der Waals surface area (Å²) in [6, 6.07) is 0. The number of carboxylic acid groups (broad SMARTS) is 2. The van der Waals surface area contributed by atoms with Gasteiger partial charge < -0.3 is 26.2 Å². The van der Waals surface area contributed by atoms with Crippen LogP contribution in [0.4, 0.5) is 0 Å². The number of aliphatic hydroxyl groups is 2. The molecule has 7 nitrogen and oxygen atoms in total. The van der Waals surface area contributed by atoms with Crippen LogP contribution >= 0.6 is 0 Å². The average molecular weight is 434 g/mol.